The normalized spacial score (nSPS) is 14.8. The highest BCUT2D eigenvalue weighted by Crippen LogP contribution is 2.34. The van der Waals surface area contributed by atoms with Gasteiger partial charge in [-0.15, -0.1) is 11.3 Å². The van der Waals surface area contributed by atoms with Gasteiger partial charge >= 0.3 is 0 Å². The molecule has 8 nitrogen and oxygen atoms in total. The fraction of sp³-hybridized carbons (Fsp3) is 0.360. The molecular formula is C25H25Cl2FN4O4S2. The third-order valence-corrected chi connectivity index (χ3v) is 10.0. The molecule has 0 bridgehead atoms. The number of halogens is 3. The van der Waals surface area contributed by atoms with E-state index in [4.69, 9.17) is 23.2 Å². The summed E-state index contributed by atoms with van der Waals surface area (Å²) in [5.74, 6) is -2.39. The van der Waals surface area contributed by atoms with E-state index in [1.165, 1.54) is 13.8 Å². The van der Waals surface area contributed by atoms with Crippen LogP contribution in [0.15, 0.2) is 34.4 Å². The van der Waals surface area contributed by atoms with Gasteiger partial charge in [0, 0.05) is 15.6 Å². The zero-order chi connectivity index (χ0) is 27.6. The Bertz CT molecular complexity index is 1550. The Hall–Kier alpha value is -2.60. The molecule has 0 saturated heterocycles. The van der Waals surface area contributed by atoms with Gasteiger partial charge in [-0.2, -0.15) is 5.10 Å². The Morgan fingerprint density at radius 2 is 2.00 bits per heavy atom. The van der Waals surface area contributed by atoms with Crippen LogP contribution < -0.4 is 5.32 Å². The lowest BCUT2D eigenvalue weighted by atomic mass is 9.92. The summed E-state index contributed by atoms with van der Waals surface area (Å²) in [6.45, 7) is 2.76. The molecule has 1 aliphatic rings. The van der Waals surface area contributed by atoms with Gasteiger partial charge < -0.3 is 5.32 Å². The number of nitrogens with zero attached hydrogens (tertiary/aromatic N) is 3. The van der Waals surface area contributed by atoms with Crippen LogP contribution in [0.2, 0.25) is 10.0 Å². The Labute approximate surface area is 233 Å². The predicted octanol–water partition coefficient (Wildman–Crippen LogP) is 4.74. The smallest absolute Gasteiger partial charge is 0.235 e. The maximum Gasteiger partial charge on any atom is 0.235 e. The number of rotatable bonds is 9. The zero-order valence-corrected chi connectivity index (χ0v) is 23.8. The third-order valence-electron chi connectivity index (χ3n) is 5.98. The SMILES string of the molecule is CC(=O)Cc1nc(C)c(S(=O)(=O)CC(=O)NC/C(F)=C2\CCCc3cnn(Cc4ccc(Cl)cc4Cl)c32)s1. The lowest BCUT2D eigenvalue weighted by molar-refractivity contribution is -0.118. The van der Waals surface area contributed by atoms with Crippen molar-refractivity contribution < 1.29 is 22.4 Å². The first-order chi connectivity index (χ1) is 17.9. The molecule has 38 heavy (non-hydrogen) atoms. The Balaban J connectivity index is 1.48. The zero-order valence-electron chi connectivity index (χ0n) is 20.7. The summed E-state index contributed by atoms with van der Waals surface area (Å²) in [6.07, 6.45) is 3.64. The molecule has 0 saturated carbocycles. The second-order valence-electron chi connectivity index (χ2n) is 9.04. The number of fused-ring (bicyclic) bond motifs is 1. The van der Waals surface area contributed by atoms with Crippen molar-refractivity contribution in [2.24, 2.45) is 0 Å². The molecule has 1 aromatic carbocycles. The summed E-state index contributed by atoms with van der Waals surface area (Å²) in [6, 6.07) is 5.14. The maximum atomic E-state index is 15.4. The monoisotopic (exact) mass is 598 g/mol. The first-order valence-electron chi connectivity index (χ1n) is 11.8. The van der Waals surface area contributed by atoms with Gasteiger partial charge in [-0.05, 0) is 56.4 Å². The first-order valence-corrected chi connectivity index (χ1v) is 15.0. The maximum absolute atomic E-state index is 15.4. The van der Waals surface area contributed by atoms with Crippen molar-refractivity contribution in [3.63, 3.8) is 0 Å². The summed E-state index contributed by atoms with van der Waals surface area (Å²) in [5, 5.41) is 8.16. The topological polar surface area (TPSA) is 111 Å². The van der Waals surface area contributed by atoms with Crippen molar-refractivity contribution in [1.29, 1.82) is 0 Å². The molecule has 13 heteroatoms. The summed E-state index contributed by atoms with van der Waals surface area (Å²) < 4.78 is 42.6. The fourth-order valence-electron chi connectivity index (χ4n) is 4.31. The van der Waals surface area contributed by atoms with Gasteiger partial charge in [0.2, 0.25) is 5.91 Å². The molecule has 202 valence electrons. The van der Waals surface area contributed by atoms with Crippen molar-refractivity contribution >= 4 is 61.6 Å². The van der Waals surface area contributed by atoms with Gasteiger partial charge in [0.1, 0.15) is 26.6 Å². The van der Waals surface area contributed by atoms with Crippen LogP contribution in [0.25, 0.3) is 5.57 Å². The lowest BCUT2D eigenvalue weighted by Gasteiger charge is -2.19. The number of benzene rings is 1. The molecule has 2 aromatic heterocycles. The third kappa shape index (κ3) is 6.51. The van der Waals surface area contributed by atoms with Crippen molar-refractivity contribution in [2.75, 3.05) is 12.3 Å². The average Bonchev–Trinajstić information content (AvgIpc) is 3.42. The van der Waals surface area contributed by atoms with Crippen LogP contribution in [0.3, 0.4) is 0 Å². The number of hydrogen-bond donors (Lipinski definition) is 1. The molecule has 0 atom stereocenters. The number of thiazole rings is 1. The molecule has 0 spiro atoms. The van der Waals surface area contributed by atoms with E-state index in [-0.39, 0.29) is 22.1 Å². The molecule has 0 unspecified atom stereocenters. The summed E-state index contributed by atoms with van der Waals surface area (Å²) in [7, 11) is -4.01. The Kier molecular flexibility index (Phi) is 8.71. The van der Waals surface area contributed by atoms with Crippen LogP contribution in [-0.4, -0.2) is 47.2 Å². The number of Topliss-reactive ketones (excluding diaryl/α,β-unsaturated/α-hetero) is 1. The molecule has 0 aliphatic heterocycles. The van der Waals surface area contributed by atoms with Gasteiger partial charge in [-0.1, -0.05) is 29.3 Å². The number of ketones is 1. The molecule has 1 N–H and O–H groups in total. The minimum absolute atomic E-state index is 0.0226. The van der Waals surface area contributed by atoms with E-state index in [1.54, 1.807) is 29.1 Å². The Morgan fingerprint density at radius 3 is 2.71 bits per heavy atom. The second-order valence-corrected chi connectivity index (χ2v) is 13.2. The molecule has 3 aromatic rings. The van der Waals surface area contributed by atoms with Crippen LogP contribution in [-0.2, 0) is 38.8 Å². The van der Waals surface area contributed by atoms with Gasteiger partial charge in [-0.3, -0.25) is 14.3 Å². The van der Waals surface area contributed by atoms with E-state index in [9.17, 15) is 18.0 Å². The number of sulfone groups is 1. The summed E-state index contributed by atoms with van der Waals surface area (Å²) in [5.41, 5.74) is 2.96. The quantitative estimate of drug-likeness (QED) is 0.381. The lowest BCUT2D eigenvalue weighted by Crippen LogP contribution is -2.31. The fourth-order valence-corrected chi connectivity index (χ4v) is 7.69. The Morgan fingerprint density at radius 1 is 1.24 bits per heavy atom. The minimum Gasteiger partial charge on any atom is -0.349 e. The largest absolute Gasteiger partial charge is 0.349 e. The number of amides is 1. The van der Waals surface area contributed by atoms with Gasteiger partial charge in [-0.25, -0.2) is 17.8 Å². The highest BCUT2D eigenvalue weighted by Gasteiger charge is 2.27. The predicted molar refractivity (Wildman–Crippen MR) is 145 cm³/mol. The first kappa shape index (κ1) is 28.4. The molecule has 0 fully saturated rings. The number of hydrogen-bond acceptors (Lipinski definition) is 7. The van der Waals surface area contributed by atoms with Gasteiger partial charge in [0.25, 0.3) is 0 Å². The van der Waals surface area contributed by atoms with E-state index >= 15 is 4.39 Å². The van der Waals surface area contributed by atoms with E-state index in [0.29, 0.717) is 39.3 Å². The number of aryl methyl sites for hydroxylation is 2. The van der Waals surface area contributed by atoms with Gasteiger partial charge in [0.15, 0.2) is 9.84 Å². The number of carbonyl (C=O) groups excluding carboxylic acids is 2. The number of allylic oxidation sites excluding steroid dienone is 1. The van der Waals surface area contributed by atoms with Gasteiger partial charge in [0.05, 0.1) is 37.1 Å². The van der Waals surface area contributed by atoms with Crippen molar-refractivity contribution in [2.45, 2.75) is 50.3 Å². The van der Waals surface area contributed by atoms with E-state index in [2.05, 4.69) is 15.4 Å². The number of aromatic nitrogens is 3. The van der Waals surface area contributed by atoms with Crippen LogP contribution in [0.4, 0.5) is 4.39 Å². The minimum atomic E-state index is -4.01. The number of carbonyl (C=O) groups is 2. The standard InChI is InChI=1S/C25H25Cl2FN4O4S2/c1-14(33)8-23-31-15(2)25(37-23)38(35,36)13-22(34)29-11-21(28)19-5-3-4-16-10-30-32(24(16)19)12-17-6-7-18(26)9-20(17)27/h6-7,9-10H,3-5,8,11-13H2,1-2H3,(H,29,34)/b21-19-. The van der Waals surface area contributed by atoms with Crippen LogP contribution in [0.1, 0.15) is 47.3 Å². The van der Waals surface area contributed by atoms with E-state index in [1.807, 2.05) is 0 Å². The van der Waals surface area contributed by atoms with E-state index < -0.39 is 33.9 Å². The highest BCUT2D eigenvalue weighted by atomic mass is 35.5. The van der Waals surface area contributed by atoms with Crippen molar-refractivity contribution in [1.82, 2.24) is 20.1 Å². The summed E-state index contributed by atoms with van der Waals surface area (Å²) in [4.78, 5) is 27.9. The van der Waals surface area contributed by atoms with Crippen molar-refractivity contribution in [3.05, 3.63) is 67.8 Å². The highest BCUT2D eigenvalue weighted by molar-refractivity contribution is 7.94. The molecule has 0 radical (unpaired) electrons. The number of nitrogens with one attached hydrogen (secondary N) is 1. The van der Waals surface area contributed by atoms with Crippen LogP contribution in [0, 0.1) is 6.92 Å². The van der Waals surface area contributed by atoms with Crippen LogP contribution in [0.5, 0.6) is 0 Å². The van der Waals surface area contributed by atoms with Crippen molar-refractivity contribution in [3.8, 4) is 0 Å². The molecular weight excluding hydrogens is 574 g/mol. The molecule has 4 rings (SSSR count). The summed E-state index contributed by atoms with van der Waals surface area (Å²) >= 11 is 13.2. The average molecular weight is 600 g/mol. The molecule has 1 aliphatic carbocycles. The van der Waals surface area contributed by atoms with E-state index in [0.717, 1.165) is 35.3 Å². The second kappa shape index (κ2) is 11.6. The van der Waals surface area contributed by atoms with Crippen LogP contribution >= 0.6 is 34.5 Å². The molecule has 1 amide bonds. The molecule has 2 heterocycles.